The molecule has 0 spiro atoms. The standard InChI is InChI=1S/C43H54ClN9O6S/c1-52-36(20-28-23-48-33-10-3-2-9-30(28)33)41(58)50-24-31-29(26-15-19-53(25-38(55)56)37(54)21-26)13-14-32(44)39(31)60-42-27(8-7-18-47-42)22-49-34(12-6-17-46)40(57)51-35(43(52)59)11-4-5-16-45/h2,7-9,13-15,18-19,21,23,34-36,40,48-49,51,57H,3-6,10-12,16-17,20,22,24-25,45-46H2,1H3,(H,50,58)(H,55,56)/t34-,35-,36-,40?/m0/s1. The van der Waals surface area contributed by atoms with Crippen molar-refractivity contribution in [1.29, 1.82) is 0 Å². The van der Waals surface area contributed by atoms with E-state index in [1.807, 2.05) is 24.4 Å². The van der Waals surface area contributed by atoms with Crippen LogP contribution in [0.15, 0.2) is 75.8 Å². The van der Waals surface area contributed by atoms with Gasteiger partial charge in [0.05, 0.1) is 11.1 Å². The van der Waals surface area contributed by atoms with Gasteiger partial charge in [0.15, 0.2) is 0 Å². The second-order valence-electron chi connectivity index (χ2n) is 15.1. The summed E-state index contributed by atoms with van der Waals surface area (Å²) in [4.78, 5) is 64.2. The SMILES string of the molecule is CN1C(=O)[C@H](CCCCN)NC(O)[C@H](CCCN)NCc2cccnc2Sc2c(Cl)ccc(-c3ccn(CC(=O)O)c(=O)c3)c2CNC(=O)[C@@H]1Cc1c[nH]c2c1C=CCC2. The molecule has 17 heteroatoms. The molecule has 1 aliphatic carbocycles. The fourth-order valence-corrected chi connectivity index (χ4v) is 9.08. The third-order valence-corrected chi connectivity index (χ3v) is 12.7. The lowest BCUT2D eigenvalue weighted by molar-refractivity contribution is -0.141. The minimum Gasteiger partial charge on any atom is -0.480 e. The number of aliphatic hydroxyl groups is 1. The molecular formula is C43H54ClN9O6S. The summed E-state index contributed by atoms with van der Waals surface area (Å²) in [7, 11) is 1.62. The topological polar surface area (TPSA) is 234 Å². The third kappa shape index (κ3) is 10.9. The molecule has 1 aliphatic heterocycles. The van der Waals surface area contributed by atoms with E-state index in [1.54, 1.807) is 31.4 Å². The average molecular weight is 860 g/mol. The number of H-pyrrole nitrogens is 1. The molecule has 0 fully saturated rings. The number of carboxylic acid groups (broad SMARTS) is 1. The quantitative estimate of drug-likeness (QED) is 0.0959. The van der Waals surface area contributed by atoms with E-state index < -0.39 is 48.3 Å². The molecule has 0 saturated carbocycles. The first kappa shape index (κ1) is 44.7. The number of aliphatic carboxylic acids is 1. The van der Waals surface area contributed by atoms with Crippen LogP contribution >= 0.6 is 23.4 Å². The Bertz CT molecular complexity index is 2250. The summed E-state index contributed by atoms with van der Waals surface area (Å²) < 4.78 is 1.10. The van der Waals surface area contributed by atoms with Crippen LogP contribution in [0.5, 0.6) is 0 Å². The van der Waals surface area contributed by atoms with Crippen molar-refractivity contribution in [3.05, 3.63) is 104 Å². The normalized spacial score (nSPS) is 20.2. The highest BCUT2D eigenvalue weighted by Gasteiger charge is 2.35. The van der Waals surface area contributed by atoms with Crippen LogP contribution in [0.4, 0.5) is 0 Å². The number of aliphatic hydroxyl groups excluding tert-OH is 1. The van der Waals surface area contributed by atoms with Gasteiger partial charge in [-0.15, -0.1) is 0 Å². The molecule has 15 nitrogen and oxygen atoms in total. The summed E-state index contributed by atoms with van der Waals surface area (Å²) in [5, 5.41) is 32.0. The van der Waals surface area contributed by atoms with Crippen molar-refractivity contribution in [2.75, 3.05) is 20.1 Å². The summed E-state index contributed by atoms with van der Waals surface area (Å²) in [5.74, 6) is -1.93. The van der Waals surface area contributed by atoms with Crippen molar-refractivity contribution in [3.8, 4) is 11.1 Å². The molecule has 10 N–H and O–H groups in total. The maximum Gasteiger partial charge on any atom is 0.323 e. The number of nitrogens with two attached hydrogens (primary N) is 2. The lowest BCUT2D eigenvalue weighted by Crippen LogP contribution is -2.58. The van der Waals surface area contributed by atoms with Gasteiger partial charge < -0.3 is 46.8 Å². The predicted molar refractivity (Wildman–Crippen MR) is 232 cm³/mol. The number of likely N-dealkylation sites (N-methyl/N-ethyl adjacent to an activating group) is 1. The van der Waals surface area contributed by atoms with Crippen LogP contribution < -0.4 is 33.0 Å². The second kappa shape index (κ2) is 21.1. The van der Waals surface area contributed by atoms with Crippen molar-refractivity contribution < 1.29 is 24.6 Å². The number of allylic oxidation sites excluding steroid dienone is 1. The zero-order valence-electron chi connectivity index (χ0n) is 33.7. The molecule has 4 atom stereocenters. The number of hydrogen-bond acceptors (Lipinski definition) is 11. The van der Waals surface area contributed by atoms with Crippen molar-refractivity contribution in [2.45, 2.75) is 105 Å². The van der Waals surface area contributed by atoms with Gasteiger partial charge in [-0.1, -0.05) is 54.1 Å². The van der Waals surface area contributed by atoms with E-state index in [-0.39, 0.29) is 18.9 Å². The Morgan fingerprint density at radius 3 is 2.65 bits per heavy atom. The molecule has 1 aromatic carbocycles. The summed E-state index contributed by atoms with van der Waals surface area (Å²) >= 11 is 8.31. The van der Waals surface area contributed by atoms with Crippen LogP contribution in [0, 0.1) is 0 Å². The number of hydrogen-bond donors (Lipinski definition) is 8. The van der Waals surface area contributed by atoms with E-state index in [2.05, 4.69) is 27.0 Å². The van der Waals surface area contributed by atoms with E-state index in [4.69, 9.17) is 28.1 Å². The first-order valence-electron chi connectivity index (χ1n) is 20.3. The second-order valence-corrected chi connectivity index (χ2v) is 16.6. The number of aromatic nitrogens is 3. The maximum absolute atomic E-state index is 14.8. The number of fused-ring (bicyclic) bond motifs is 3. The van der Waals surface area contributed by atoms with Gasteiger partial charge in [0, 0.05) is 67.8 Å². The van der Waals surface area contributed by atoms with Gasteiger partial charge in [-0.25, -0.2) is 4.98 Å². The number of carbonyl (C=O) groups is 3. The van der Waals surface area contributed by atoms with Gasteiger partial charge in [0.1, 0.15) is 23.8 Å². The Hall–Kier alpha value is -4.81. The fraction of sp³-hybridized carbons (Fsp3) is 0.419. The van der Waals surface area contributed by atoms with Gasteiger partial charge in [-0.3, -0.25) is 24.5 Å². The van der Waals surface area contributed by atoms with E-state index >= 15 is 0 Å². The number of nitrogens with zero attached hydrogens (tertiary/aromatic N) is 3. The summed E-state index contributed by atoms with van der Waals surface area (Å²) in [6, 6.07) is 7.89. The lowest BCUT2D eigenvalue weighted by Gasteiger charge is -2.34. The first-order valence-corrected chi connectivity index (χ1v) is 21.5. The molecule has 0 radical (unpaired) electrons. The Labute approximate surface area is 358 Å². The number of aromatic amines is 1. The maximum atomic E-state index is 14.8. The van der Waals surface area contributed by atoms with Crippen molar-refractivity contribution >= 4 is 47.2 Å². The Kier molecular flexibility index (Phi) is 15.8. The highest BCUT2D eigenvalue weighted by molar-refractivity contribution is 7.99. The van der Waals surface area contributed by atoms with Crippen LogP contribution in [0.1, 0.15) is 66.5 Å². The molecule has 320 valence electrons. The number of halogens is 1. The first-order chi connectivity index (χ1) is 29.0. The lowest BCUT2D eigenvalue weighted by atomic mass is 9.96. The Morgan fingerprint density at radius 1 is 1.07 bits per heavy atom. The van der Waals surface area contributed by atoms with E-state index in [9.17, 15) is 29.4 Å². The number of carbonyl (C=O) groups excluding carboxylic acids is 2. The number of nitrogens with one attached hydrogen (secondary N) is 4. The van der Waals surface area contributed by atoms with Crippen molar-refractivity contribution in [1.82, 2.24) is 35.4 Å². The predicted octanol–water partition coefficient (Wildman–Crippen LogP) is 3.39. The van der Waals surface area contributed by atoms with Gasteiger partial charge in [-0.2, -0.15) is 0 Å². The minimum atomic E-state index is -1.15. The van der Waals surface area contributed by atoms with Gasteiger partial charge in [0.2, 0.25) is 11.8 Å². The number of aryl methyl sites for hydroxylation is 1. The monoisotopic (exact) mass is 859 g/mol. The third-order valence-electron chi connectivity index (χ3n) is 11.1. The number of carboxylic acids is 1. The number of unbranched alkanes of at least 4 members (excludes halogenated alkanes) is 1. The summed E-state index contributed by atoms with van der Waals surface area (Å²) in [6.07, 6.45) is 12.7. The van der Waals surface area contributed by atoms with Crippen LogP contribution in [0.25, 0.3) is 17.2 Å². The van der Waals surface area contributed by atoms with Crippen molar-refractivity contribution in [3.63, 3.8) is 0 Å². The molecule has 1 unspecified atom stereocenters. The molecule has 3 aromatic heterocycles. The molecule has 2 aliphatic rings. The molecule has 2 amide bonds. The summed E-state index contributed by atoms with van der Waals surface area (Å²) in [5.41, 5.74) is 16.7. The van der Waals surface area contributed by atoms with Crippen LogP contribution in [-0.2, 0) is 46.9 Å². The minimum absolute atomic E-state index is 0.0442. The van der Waals surface area contributed by atoms with Crippen LogP contribution in [0.3, 0.4) is 0 Å². The van der Waals surface area contributed by atoms with Gasteiger partial charge >= 0.3 is 5.97 Å². The number of pyridine rings is 2. The largest absolute Gasteiger partial charge is 0.480 e. The molecule has 0 bridgehead atoms. The fourth-order valence-electron chi connectivity index (χ4n) is 7.74. The zero-order valence-corrected chi connectivity index (χ0v) is 35.2. The summed E-state index contributed by atoms with van der Waals surface area (Å²) in [6.45, 7) is 0.608. The smallest absolute Gasteiger partial charge is 0.323 e. The van der Waals surface area contributed by atoms with E-state index in [0.717, 1.165) is 39.8 Å². The highest BCUT2D eigenvalue weighted by atomic mass is 35.5. The average Bonchev–Trinajstić information content (AvgIpc) is 3.65. The van der Waals surface area contributed by atoms with Gasteiger partial charge in [-0.05, 0) is 103 Å². The Balaban J connectivity index is 1.48. The van der Waals surface area contributed by atoms with Gasteiger partial charge in [0.25, 0.3) is 5.56 Å². The Morgan fingerprint density at radius 2 is 1.88 bits per heavy atom. The highest BCUT2D eigenvalue weighted by Crippen LogP contribution is 2.41. The molecular weight excluding hydrogens is 806 g/mol. The number of rotatable bonds is 12. The molecule has 4 heterocycles. The molecule has 6 rings (SSSR count). The van der Waals surface area contributed by atoms with Crippen LogP contribution in [0.2, 0.25) is 5.02 Å². The van der Waals surface area contributed by atoms with Crippen LogP contribution in [-0.4, -0.2) is 91.9 Å². The van der Waals surface area contributed by atoms with Crippen molar-refractivity contribution in [2.24, 2.45) is 11.5 Å². The number of benzene rings is 1. The van der Waals surface area contributed by atoms with E-state index in [1.165, 1.54) is 28.9 Å². The zero-order chi connectivity index (χ0) is 42.8. The molecule has 4 aromatic rings. The molecule has 60 heavy (non-hydrogen) atoms. The van der Waals surface area contributed by atoms with E-state index in [0.29, 0.717) is 83.4 Å². The number of amides is 2. The molecule has 0 saturated heterocycles.